The molecular weight excluding hydrogens is 304 g/mol. The standard InChI is InChI=1S/C19H28N2O3/c1-13(19(22)20-16-6-4-5-7-16)21-9-8-14-10-17(23-2)18(24-3)11-15(14)12-21/h10-11,13,16H,4-9,12H2,1-3H3,(H,20,22)/p+1/t13-/m0/s1. The summed E-state index contributed by atoms with van der Waals surface area (Å²) < 4.78 is 10.8. The van der Waals surface area contributed by atoms with Crippen LogP contribution in [0.25, 0.3) is 0 Å². The maximum absolute atomic E-state index is 12.6. The molecule has 1 aromatic carbocycles. The Morgan fingerprint density at radius 2 is 1.79 bits per heavy atom. The molecule has 0 radical (unpaired) electrons. The Kier molecular flexibility index (Phi) is 5.29. The molecule has 1 aliphatic heterocycles. The molecule has 1 unspecified atom stereocenters. The molecule has 132 valence electrons. The molecule has 1 aromatic rings. The highest BCUT2D eigenvalue weighted by Crippen LogP contribution is 2.31. The van der Waals surface area contributed by atoms with Gasteiger partial charge < -0.3 is 19.7 Å². The van der Waals surface area contributed by atoms with Gasteiger partial charge >= 0.3 is 0 Å². The summed E-state index contributed by atoms with van der Waals surface area (Å²) in [6.07, 6.45) is 5.71. The molecule has 0 spiro atoms. The van der Waals surface area contributed by atoms with Gasteiger partial charge in [-0.2, -0.15) is 0 Å². The highest BCUT2D eigenvalue weighted by molar-refractivity contribution is 5.80. The molecule has 5 nitrogen and oxygen atoms in total. The summed E-state index contributed by atoms with van der Waals surface area (Å²) in [6.45, 7) is 3.88. The van der Waals surface area contributed by atoms with E-state index in [9.17, 15) is 4.79 Å². The molecule has 1 aliphatic carbocycles. The van der Waals surface area contributed by atoms with Crippen LogP contribution in [0.5, 0.6) is 11.5 Å². The Labute approximate surface area is 144 Å². The maximum atomic E-state index is 12.6. The van der Waals surface area contributed by atoms with E-state index in [0.29, 0.717) is 6.04 Å². The zero-order valence-corrected chi connectivity index (χ0v) is 15.0. The third-order valence-corrected chi connectivity index (χ3v) is 5.55. The number of nitrogens with one attached hydrogen (secondary N) is 2. The number of amides is 1. The van der Waals surface area contributed by atoms with E-state index in [4.69, 9.17) is 9.47 Å². The number of hydrogen-bond acceptors (Lipinski definition) is 3. The normalized spacial score (nSPS) is 21.9. The zero-order chi connectivity index (χ0) is 17.1. The van der Waals surface area contributed by atoms with Gasteiger partial charge in [0.15, 0.2) is 17.5 Å². The Morgan fingerprint density at radius 3 is 2.42 bits per heavy atom. The van der Waals surface area contributed by atoms with Crippen LogP contribution in [0.2, 0.25) is 0 Å². The SMILES string of the molecule is COc1cc2c(cc1OC)C[NH+]([C@@H](C)C(=O)NC1CCCC1)CC2. The van der Waals surface area contributed by atoms with Gasteiger partial charge in [0.2, 0.25) is 0 Å². The Hall–Kier alpha value is -1.75. The van der Waals surface area contributed by atoms with Crippen LogP contribution in [0.1, 0.15) is 43.7 Å². The molecule has 24 heavy (non-hydrogen) atoms. The lowest BCUT2D eigenvalue weighted by Crippen LogP contribution is -3.16. The summed E-state index contributed by atoms with van der Waals surface area (Å²) in [5, 5.41) is 3.24. The second-order valence-corrected chi connectivity index (χ2v) is 7.02. The number of hydrogen-bond donors (Lipinski definition) is 2. The first-order chi connectivity index (χ1) is 11.6. The van der Waals surface area contributed by atoms with Crippen LogP contribution in [0, 0.1) is 0 Å². The lowest BCUT2D eigenvalue weighted by atomic mass is 9.97. The number of benzene rings is 1. The van der Waals surface area contributed by atoms with Crippen LogP contribution in [0.3, 0.4) is 0 Å². The van der Waals surface area contributed by atoms with Crippen molar-refractivity contribution in [1.29, 1.82) is 0 Å². The molecule has 2 N–H and O–H groups in total. The molecule has 2 aliphatic rings. The van der Waals surface area contributed by atoms with Crippen LogP contribution in [0.4, 0.5) is 0 Å². The lowest BCUT2D eigenvalue weighted by Gasteiger charge is -2.31. The van der Waals surface area contributed by atoms with Crippen molar-refractivity contribution in [3.05, 3.63) is 23.3 Å². The van der Waals surface area contributed by atoms with E-state index in [1.54, 1.807) is 14.2 Å². The molecule has 0 aromatic heterocycles. The summed E-state index contributed by atoms with van der Waals surface area (Å²) >= 11 is 0. The van der Waals surface area contributed by atoms with Gasteiger partial charge in [0.1, 0.15) is 6.54 Å². The van der Waals surface area contributed by atoms with Gasteiger partial charge in [-0.3, -0.25) is 4.79 Å². The largest absolute Gasteiger partial charge is 0.493 e. The molecular formula is C19H29N2O3+. The van der Waals surface area contributed by atoms with Gasteiger partial charge in [0.05, 0.1) is 20.8 Å². The summed E-state index contributed by atoms with van der Waals surface area (Å²) in [6, 6.07) is 4.51. The third kappa shape index (κ3) is 3.51. The van der Waals surface area contributed by atoms with E-state index >= 15 is 0 Å². The van der Waals surface area contributed by atoms with Crippen molar-refractivity contribution >= 4 is 5.91 Å². The molecule has 1 amide bonds. The summed E-state index contributed by atoms with van der Waals surface area (Å²) in [5.74, 6) is 1.74. The van der Waals surface area contributed by atoms with Gasteiger partial charge in [-0.15, -0.1) is 0 Å². The van der Waals surface area contributed by atoms with Crippen LogP contribution >= 0.6 is 0 Å². The van der Waals surface area contributed by atoms with Crippen molar-refractivity contribution in [3.63, 3.8) is 0 Å². The number of quaternary nitrogens is 1. The number of carbonyl (C=O) groups excluding carboxylic acids is 1. The zero-order valence-electron chi connectivity index (χ0n) is 15.0. The molecule has 0 saturated heterocycles. The first kappa shape index (κ1) is 17.1. The minimum atomic E-state index is -0.0214. The number of methoxy groups -OCH3 is 2. The fraction of sp³-hybridized carbons (Fsp3) is 0.632. The topological polar surface area (TPSA) is 52.0 Å². The number of carbonyl (C=O) groups is 1. The predicted molar refractivity (Wildman–Crippen MR) is 92.6 cm³/mol. The van der Waals surface area contributed by atoms with Crippen molar-refractivity contribution < 1.29 is 19.2 Å². The monoisotopic (exact) mass is 333 g/mol. The first-order valence-corrected chi connectivity index (χ1v) is 9.01. The van der Waals surface area contributed by atoms with E-state index in [0.717, 1.165) is 43.9 Å². The fourth-order valence-electron chi connectivity index (χ4n) is 3.94. The number of rotatable bonds is 5. The van der Waals surface area contributed by atoms with Gasteiger partial charge in [-0.05, 0) is 37.5 Å². The summed E-state index contributed by atoms with van der Waals surface area (Å²) in [5.41, 5.74) is 2.56. The molecule has 5 heteroatoms. The van der Waals surface area contributed by atoms with Gasteiger partial charge in [0, 0.05) is 18.0 Å². The van der Waals surface area contributed by atoms with Gasteiger partial charge in [-0.1, -0.05) is 12.8 Å². The Bertz CT molecular complexity index is 597. The van der Waals surface area contributed by atoms with Crippen LogP contribution < -0.4 is 19.7 Å². The second kappa shape index (κ2) is 7.43. The second-order valence-electron chi connectivity index (χ2n) is 7.02. The van der Waals surface area contributed by atoms with E-state index in [2.05, 4.69) is 17.4 Å². The molecule has 1 heterocycles. The van der Waals surface area contributed by atoms with Crippen molar-refractivity contribution in [3.8, 4) is 11.5 Å². The molecule has 1 fully saturated rings. The fourth-order valence-corrected chi connectivity index (χ4v) is 3.94. The van der Waals surface area contributed by atoms with Crippen LogP contribution in [-0.4, -0.2) is 38.8 Å². The average molecular weight is 333 g/mol. The Morgan fingerprint density at radius 1 is 1.17 bits per heavy atom. The van der Waals surface area contributed by atoms with Crippen LogP contribution in [0.15, 0.2) is 12.1 Å². The first-order valence-electron chi connectivity index (χ1n) is 9.01. The third-order valence-electron chi connectivity index (χ3n) is 5.55. The number of fused-ring (bicyclic) bond motifs is 1. The summed E-state index contributed by atoms with van der Waals surface area (Å²) in [4.78, 5) is 13.9. The van der Waals surface area contributed by atoms with Crippen LogP contribution in [-0.2, 0) is 17.8 Å². The molecule has 0 bridgehead atoms. The molecule has 2 atom stereocenters. The molecule has 1 saturated carbocycles. The van der Waals surface area contributed by atoms with Crippen molar-refractivity contribution in [2.24, 2.45) is 0 Å². The highest BCUT2D eigenvalue weighted by atomic mass is 16.5. The van der Waals surface area contributed by atoms with E-state index in [1.165, 1.54) is 28.9 Å². The van der Waals surface area contributed by atoms with E-state index in [-0.39, 0.29) is 11.9 Å². The van der Waals surface area contributed by atoms with Crippen molar-refractivity contribution in [2.45, 2.75) is 57.7 Å². The minimum absolute atomic E-state index is 0.0214. The predicted octanol–water partition coefficient (Wildman–Crippen LogP) is 1.09. The summed E-state index contributed by atoms with van der Waals surface area (Å²) in [7, 11) is 3.33. The van der Waals surface area contributed by atoms with E-state index in [1.807, 2.05) is 6.92 Å². The highest BCUT2D eigenvalue weighted by Gasteiger charge is 2.31. The lowest BCUT2D eigenvalue weighted by molar-refractivity contribution is -0.929. The van der Waals surface area contributed by atoms with Gasteiger partial charge in [0.25, 0.3) is 5.91 Å². The Balaban J connectivity index is 1.68. The smallest absolute Gasteiger partial charge is 0.278 e. The van der Waals surface area contributed by atoms with Crippen molar-refractivity contribution in [1.82, 2.24) is 5.32 Å². The van der Waals surface area contributed by atoms with Gasteiger partial charge in [-0.25, -0.2) is 0 Å². The maximum Gasteiger partial charge on any atom is 0.278 e. The minimum Gasteiger partial charge on any atom is -0.493 e. The van der Waals surface area contributed by atoms with E-state index < -0.39 is 0 Å². The average Bonchev–Trinajstić information content (AvgIpc) is 3.12. The quantitative estimate of drug-likeness (QED) is 0.848. The van der Waals surface area contributed by atoms with Crippen molar-refractivity contribution in [2.75, 3.05) is 20.8 Å². The number of ether oxygens (including phenoxy) is 2. The molecule has 3 rings (SSSR count).